The number of fused-ring (bicyclic) bond motifs is 1. The van der Waals surface area contributed by atoms with Crippen molar-refractivity contribution in [1.82, 2.24) is 9.55 Å². The van der Waals surface area contributed by atoms with Crippen molar-refractivity contribution < 1.29 is 9.18 Å². The first-order valence-electron chi connectivity index (χ1n) is 7.87. The number of hydrogen-bond acceptors (Lipinski definition) is 3. The van der Waals surface area contributed by atoms with E-state index in [0.717, 1.165) is 22.7 Å². The van der Waals surface area contributed by atoms with Crippen LogP contribution in [-0.2, 0) is 11.3 Å². The molecule has 4 nitrogen and oxygen atoms in total. The zero-order chi connectivity index (χ0) is 18.0. The van der Waals surface area contributed by atoms with Crippen molar-refractivity contribution in [2.45, 2.75) is 30.8 Å². The van der Waals surface area contributed by atoms with Crippen LogP contribution in [0.1, 0.15) is 13.8 Å². The second kappa shape index (κ2) is 7.45. The Hall–Kier alpha value is -2.05. The van der Waals surface area contributed by atoms with Gasteiger partial charge in [0.15, 0.2) is 5.16 Å². The van der Waals surface area contributed by atoms with E-state index < -0.39 is 11.1 Å². The first-order chi connectivity index (χ1) is 12.0. The highest BCUT2D eigenvalue weighted by Gasteiger charge is 2.20. The zero-order valence-corrected chi connectivity index (χ0v) is 15.4. The van der Waals surface area contributed by atoms with Crippen molar-refractivity contribution in [3.8, 4) is 0 Å². The van der Waals surface area contributed by atoms with Crippen LogP contribution in [0.25, 0.3) is 11.0 Å². The second-order valence-corrected chi connectivity index (χ2v) is 7.25. The molecule has 0 spiro atoms. The van der Waals surface area contributed by atoms with Gasteiger partial charge < -0.3 is 9.88 Å². The van der Waals surface area contributed by atoms with E-state index >= 15 is 0 Å². The lowest BCUT2D eigenvalue weighted by Crippen LogP contribution is -2.23. The summed E-state index contributed by atoms with van der Waals surface area (Å²) < 4.78 is 15.9. The topological polar surface area (TPSA) is 46.9 Å². The van der Waals surface area contributed by atoms with E-state index in [-0.39, 0.29) is 16.6 Å². The van der Waals surface area contributed by atoms with Crippen molar-refractivity contribution in [3.05, 3.63) is 53.3 Å². The van der Waals surface area contributed by atoms with Crippen LogP contribution < -0.4 is 5.32 Å². The fourth-order valence-corrected chi connectivity index (χ4v) is 3.63. The SMILES string of the molecule is CCn1c(SC(C)C(=O)Nc2ccc(Cl)cc2F)nc2ccccc21. The molecule has 1 unspecified atom stereocenters. The van der Waals surface area contributed by atoms with Gasteiger partial charge in [0.05, 0.1) is 22.0 Å². The van der Waals surface area contributed by atoms with Crippen LogP contribution in [0.4, 0.5) is 10.1 Å². The lowest BCUT2D eigenvalue weighted by atomic mass is 10.3. The molecule has 1 atom stereocenters. The predicted octanol–water partition coefficient (Wildman–Crippen LogP) is 4.97. The van der Waals surface area contributed by atoms with Crippen LogP contribution in [0.5, 0.6) is 0 Å². The van der Waals surface area contributed by atoms with Gasteiger partial charge in [0, 0.05) is 11.6 Å². The maximum Gasteiger partial charge on any atom is 0.237 e. The van der Waals surface area contributed by atoms with Crippen molar-refractivity contribution in [2.24, 2.45) is 0 Å². The summed E-state index contributed by atoms with van der Waals surface area (Å²) >= 11 is 7.08. The number of benzene rings is 2. The minimum atomic E-state index is -0.557. The Balaban J connectivity index is 1.77. The Kier molecular flexibility index (Phi) is 5.30. The van der Waals surface area contributed by atoms with Crippen molar-refractivity contribution in [1.29, 1.82) is 0 Å². The molecule has 1 heterocycles. The zero-order valence-electron chi connectivity index (χ0n) is 13.8. The highest BCUT2D eigenvalue weighted by molar-refractivity contribution is 8.00. The average Bonchev–Trinajstić information content (AvgIpc) is 2.94. The molecule has 2 aromatic carbocycles. The van der Waals surface area contributed by atoms with Gasteiger partial charge in [-0.25, -0.2) is 9.37 Å². The van der Waals surface area contributed by atoms with E-state index in [9.17, 15) is 9.18 Å². The number of rotatable bonds is 5. The maximum absolute atomic E-state index is 13.8. The molecular weight excluding hydrogens is 361 g/mol. The highest BCUT2D eigenvalue weighted by Crippen LogP contribution is 2.28. The van der Waals surface area contributed by atoms with E-state index in [0.29, 0.717) is 0 Å². The van der Waals surface area contributed by atoms with Gasteiger partial charge in [-0.2, -0.15) is 0 Å². The molecule has 0 aliphatic carbocycles. The van der Waals surface area contributed by atoms with Crippen LogP contribution >= 0.6 is 23.4 Å². The summed E-state index contributed by atoms with van der Waals surface area (Å²) in [6.07, 6.45) is 0. The predicted molar refractivity (Wildman–Crippen MR) is 101 cm³/mol. The van der Waals surface area contributed by atoms with Gasteiger partial charge in [0.25, 0.3) is 0 Å². The third-order valence-electron chi connectivity index (χ3n) is 3.78. The lowest BCUT2D eigenvalue weighted by Gasteiger charge is -2.13. The second-order valence-electron chi connectivity index (χ2n) is 5.50. The summed E-state index contributed by atoms with van der Waals surface area (Å²) in [6, 6.07) is 12.0. The van der Waals surface area contributed by atoms with Crippen LogP contribution in [0.3, 0.4) is 0 Å². The minimum Gasteiger partial charge on any atom is -0.323 e. The van der Waals surface area contributed by atoms with Crippen LogP contribution in [0, 0.1) is 5.82 Å². The first-order valence-corrected chi connectivity index (χ1v) is 9.13. The molecule has 1 amide bonds. The van der Waals surface area contributed by atoms with Gasteiger partial charge in [-0.1, -0.05) is 35.5 Å². The van der Waals surface area contributed by atoms with Gasteiger partial charge >= 0.3 is 0 Å². The quantitative estimate of drug-likeness (QED) is 0.638. The molecule has 0 radical (unpaired) electrons. The third-order valence-corrected chi connectivity index (χ3v) is 5.10. The number of halogens is 2. The van der Waals surface area contributed by atoms with E-state index in [1.165, 1.54) is 30.0 Å². The molecule has 7 heteroatoms. The van der Waals surface area contributed by atoms with Gasteiger partial charge in [-0.05, 0) is 44.2 Å². The Morgan fingerprint density at radius 3 is 2.84 bits per heavy atom. The normalized spacial score (nSPS) is 12.3. The smallest absolute Gasteiger partial charge is 0.237 e. The number of para-hydroxylation sites is 2. The summed E-state index contributed by atoms with van der Waals surface area (Å²) in [5, 5.41) is 3.22. The Bertz CT molecular complexity index is 928. The standard InChI is InChI=1S/C18H17ClFN3OS/c1-3-23-16-7-5-4-6-15(16)22-18(23)25-11(2)17(24)21-14-9-8-12(19)10-13(14)20/h4-11H,3H2,1-2H3,(H,21,24). The van der Waals surface area contributed by atoms with Gasteiger partial charge in [0.2, 0.25) is 5.91 Å². The lowest BCUT2D eigenvalue weighted by molar-refractivity contribution is -0.115. The third kappa shape index (κ3) is 3.80. The van der Waals surface area contributed by atoms with Crippen molar-refractivity contribution >= 4 is 46.0 Å². The number of nitrogens with zero attached hydrogens (tertiary/aromatic N) is 2. The summed E-state index contributed by atoms with van der Waals surface area (Å²) in [4.78, 5) is 17.0. The highest BCUT2D eigenvalue weighted by atomic mass is 35.5. The number of amides is 1. The monoisotopic (exact) mass is 377 g/mol. The minimum absolute atomic E-state index is 0.117. The average molecular weight is 378 g/mol. The van der Waals surface area contributed by atoms with Crippen LogP contribution in [0.2, 0.25) is 5.02 Å². The number of aromatic nitrogens is 2. The number of thioether (sulfide) groups is 1. The van der Waals surface area contributed by atoms with E-state index in [4.69, 9.17) is 11.6 Å². The molecule has 0 saturated carbocycles. The van der Waals surface area contributed by atoms with Crippen molar-refractivity contribution in [3.63, 3.8) is 0 Å². The molecule has 0 aliphatic heterocycles. The molecule has 0 saturated heterocycles. The number of hydrogen-bond donors (Lipinski definition) is 1. The van der Waals surface area contributed by atoms with Gasteiger partial charge in [-0.15, -0.1) is 0 Å². The summed E-state index contributed by atoms with van der Waals surface area (Å²) in [7, 11) is 0. The molecular formula is C18H17ClFN3OS. The van der Waals surface area contributed by atoms with E-state index in [1.807, 2.05) is 31.2 Å². The van der Waals surface area contributed by atoms with Crippen molar-refractivity contribution in [2.75, 3.05) is 5.32 Å². The van der Waals surface area contributed by atoms with Gasteiger partial charge in [-0.3, -0.25) is 4.79 Å². The number of aryl methyl sites for hydroxylation is 1. The van der Waals surface area contributed by atoms with E-state index in [2.05, 4.69) is 14.9 Å². The van der Waals surface area contributed by atoms with Crippen LogP contribution in [-0.4, -0.2) is 20.7 Å². The van der Waals surface area contributed by atoms with E-state index in [1.54, 1.807) is 6.92 Å². The summed E-state index contributed by atoms with van der Waals surface area (Å²) in [6.45, 7) is 4.56. The molecule has 0 aliphatic rings. The van der Waals surface area contributed by atoms with Gasteiger partial charge in [0.1, 0.15) is 5.82 Å². The molecule has 0 fully saturated rings. The Morgan fingerprint density at radius 2 is 2.12 bits per heavy atom. The number of imidazole rings is 1. The molecule has 0 bridgehead atoms. The molecule has 130 valence electrons. The Morgan fingerprint density at radius 1 is 1.36 bits per heavy atom. The first kappa shape index (κ1) is 17.8. The fourth-order valence-electron chi connectivity index (χ4n) is 2.49. The molecule has 3 rings (SSSR count). The summed E-state index contributed by atoms with van der Waals surface area (Å²) in [5.74, 6) is -0.847. The largest absolute Gasteiger partial charge is 0.323 e. The molecule has 1 N–H and O–H groups in total. The number of nitrogens with one attached hydrogen (secondary N) is 1. The number of anilines is 1. The molecule has 3 aromatic rings. The summed E-state index contributed by atoms with van der Waals surface area (Å²) in [5.41, 5.74) is 2.04. The number of carbonyl (C=O) groups is 1. The fraction of sp³-hybridized carbons (Fsp3) is 0.222. The maximum atomic E-state index is 13.8. The number of carbonyl (C=O) groups excluding carboxylic acids is 1. The molecule has 25 heavy (non-hydrogen) atoms. The molecule has 1 aromatic heterocycles. The van der Waals surface area contributed by atoms with Crippen LogP contribution in [0.15, 0.2) is 47.6 Å². The Labute approximate surface area is 154 Å².